The number of carbonyl (C=O) groups is 1. The van der Waals surface area contributed by atoms with Crippen molar-refractivity contribution in [2.75, 3.05) is 13.7 Å². The number of methoxy groups -OCH3 is 1. The van der Waals surface area contributed by atoms with Crippen molar-refractivity contribution in [3.63, 3.8) is 0 Å². The standard InChI is InChI=1S/C17H16Cl2N2O2S2/c1-9-6-10(2)14-12(7-9)21(4-5-23-3)17(25-14)20-16(22)11-8-13(18)24-15(11)19/h6-8H,4-5H2,1-3H3. The van der Waals surface area contributed by atoms with Crippen molar-refractivity contribution in [3.05, 3.63) is 48.4 Å². The number of hydrogen-bond acceptors (Lipinski definition) is 4. The lowest BCUT2D eigenvalue weighted by Crippen LogP contribution is -2.19. The number of rotatable bonds is 4. The summed E-state index contributed by atoms with van der Waals surface area (Å²) in [5, 5.41) is 0. The molecule has 0 N–H and O–H groups in total. The van der Waals surface area contributed by atoms with E-state index in [0.29, 0.717) is 32.2 Å². The van der Waals surface area contributed by atoms with Crippen LogP contribution in [0.4, 0.5) is 0 Å². The van der Waals surface area contributed by atoms with E-state index in [1.54, 1.807) is 13.2 Å². The molecule has 3 aromatic rings. The second-order valence-corrected chi connectivity index (χ2v) is 8.88. The summed E-state index contributed by atoms with van der Waals surface area (Å²) < 4.78 is 9.17. The van der Waals surface area contributed by atoms with Crippen LogP contribution in [0.5, 0.6) is 0 Å². The van der Waals surface area contributed by atoms with Crippen molar-refractivity contribution in [1.29, 1.82) is 0 Å². The lowest BCUT2D eigenvalue weighted by Gasteiger charge is -2.06. The minimum atomic E-state index is -0.389. The minimum Gasteiger partial charge on any atom is -0.383 e. The fourth-order valence-corrected chi connectivity index (χ4v) is 5.18. The van der Waals surface area contributed by atoms with Crippen molar-refractivity contribution >= 4 is 62.0 Å². The molecule has 0 unspecified atom stereocenters. The van der Waals surface area contributed by atoms with E-state index in [9.17, 15) is 4.79 Å². The Morgan fingerprint density at radius 1 is 1.24 bits per heavy atom. The van der Waals surface area contributed by atoms with Gasteiger partial charge < -0.3 is 9.30 Å². The third-order valence-corrected chi connectivity index (χ3v) is 6.43. The van der Waals surface area contributed by atoms with E-state index in [0.717, 1.165) is 27.1 Å². The predicted octanol–water partition coefficient (Wildman–Crippen LogP) is 5.08. The Bertz CT molecular complexity index is 1020. The first kappa shape index (κ1) is 18.6. The van der Waals surface area contributed by atoms with Crippen molar-refractivity contribution in [3.8, 4) is 0 Å². The Hall–Kier alpha value is -1.18. The molecule has 2 aromatic heterocycles. The van der Waals surface area contributed by atoms with Gasteiger partial charge in [-0.2, -0.15) is 4.99 Å². The van der Waals surface area contributed by atoms with Crippen LogP contribution in [0.25, 0.3) is 10.2 Å². The fraction of sp³-hybridized carbons (Fsp3) is 0.294. The van der Waals surface area contributed by atoms with Crippen LogP contribution >= 0.6 is 45.9 Å². The molecule has 4 nitrogen and oxygen atoms in total. The summed E-state index contributed by atoms with van der Waals surface area (Å²) in [6.07, 6.45) is 0. The van der Waals surface area contributed by atoms with Gasteiger partial charge in [-0.1, -0.05) is 40.6 Å². The lowest BCUT2D eigenvalue weighted by atomic mass is 10.1. The minimum absolute atomic E-state index is 0.334. The average molecular weight is 415 g/mol. The Kier molecular flexibility index (Phi) is 5.65. The van der Waals surface area contributed by atoms with Gasteiger partial charge in [-0.25, -0.2) is 0 Å². The second-order valence-electron chi connectivity index (χ2n) is 5.61. The van der Waals surface area contributed by atoms with Crippen LogP contribution in [0.15, 0.2) is 23.2 Å². The molecule has 1 aromatic carbocycles. The van der Waals surface area contributed by atoms with E-state index >= 15 is 0 Å². The van der Waals surface area contributed by atoms with Gasteiger partial charge in [0.2, 0.25) is 0 Å². The highest BCUT2D eigenvalue weighted by Crippen LogP contribution is 2.31. The van der Waals surface area contributed by atoms with Crippen LogP contribution in [0, 0.1) is 13.8 Å². The highest BCUT2D eigenvalue weighted by atomic mass is 35.5. The summed E-state index contributed by atoms with van der Waals surface area (Å²) in [6, 6.07) is 5.79. The van der Waals surface area contributed by atoms with Crippen LogP contribution in [-0.4, -0.2) is 24.2 Å². The van der Waals surface area contributed by atoms with Gasteiger partial charge in [0.05, 0.1) is 26.7 Å². The van der Waals surface area contributed by atoms with Crippen molar-refractivity contribution in [1.82, 2.24) is 4.57 Å². The van der Waals surface area contributed by atoms with Crippen LogP contribution in [0.3, 0.4) is 0 Å². The van der Waals surface area contributed by atoms with Crippen molar-refractivity contribution < 1.29 is 9.53 Å². The molecule has 0 saturated carbocycles. The highest BCUT2D eigenvalue weighted by Gasteiger charge is 2.15. The lowest BCUT2D eigenvalue weighted by molar-refractivity contribution is 0.0998. The van der Waals surface area contributed by atoms with Gasteiger partial charge in [-0.05, 0) is 37.1 Å². The highest BCUT2D eigenvalue weighted by molar-refractivity contribution is 7.20. The molecule has 132 valence electrons. The summed E-state index contributed by atoms with van der Waals surface area (Å²) in [5.41, 5.74) is 3.72. The van der Waals surface area contributed by atoms with E-state index in [4.69, 9.17) is 27.9 Å². The quantitative estimate of drug-likeness (QED) is 0.597. The third kappa shape index (κ3) is 3.83. The number of benzene rings is 1. The monoisotopic (exact) mass is 414 g/mol. The number of ether oxygens (including phenoxy) is 1. The molecule has 3 rings (SSSR count). The zero-order valence-electron chi connectivity index (χ0n) is 13.9. The molecule has 25 heavy (non-hydrogen) atoms. The Morgan fingerprint density at radius 3 is 2.64 bits per heavy atom. The normalized spacial score (nSPS) is 12.3. The predicted molar refractivity (Wildman–Crippen MR) is 105 cm³/mol. The van der Waals surface area contributed by atoms with Gasteiger partial charge in [0.1, 0.15) is 4.34 Å². The first-order valence-corrected chi connectivity index (χ1v) is 9.93. The number of carbonyl (C=O) groups excluding carboxylic acids is 1. The number of aromatic nitrogens is 1. The van der Waals surface area contributed by atoms with E-state index < -0.39 is 0 Å². The van der Waals surface area contributed by atoms with Crippen LogP contribution in [-0.2, 0) is 11.3 Å². The number of hydrogen-bond donors (Lipinski definition) is 0. The molecule has 0 radical (unpaired) electrons. The second kappa shape index (κ2) is 7.60. The number of aryl methyl sites for hydroxylation is 2. The molecule has 0 fully saturated rings. The van der Waals surface area contributed by atoms with Crippen molar-refractivity contribution in [2.24, 2.45) is 4.99 Å². The Labute approximate surface area is 163 Å². The molecule has 0 aliphatic carbocycles. The Balaban J connectivity index is 2.18. The van der Waals surface area contributed by atoms with Gasteiger partial charge in [-0.15, -0.1) is 11.3 Å². The molecule has 0 spiro atoms. The average Bonchev–Trinajstić information content (AvgIpc) is 3.05. The van der Waals surface area contributed by atoms with E-state index in [1.807, 2.05) is 4.57 Å². The van der Waals surface area contributed by atoms with Crippen LogP contribution < -0.4 is 4.80 Å². The van der Waals surface area contributed by atoms with Crippen LogP contribution in [0.1, 0.15) is 21.5 Å². The van der Waals surface area contributed by atoms with Gasteiger partial charge in [0.15, 0.2) is 4.80 Å². The number of thiophene rings is 1. The third-order valence-electron chi connectivity index (χ3n) is 3.72. The van der Waals surface area contributed by atoms with E-state index in [-0.39, 0.29) is 5.91 Å². The van der Waals surface area contributed by atoms with Crippen LogP contribution in [0.2, 0.25) is 8.67 Å². The molecule has 0 aliphatic rings. The van der Waals surface area contributed by atoms with Gasteiger partial charge in [0.25, 0.3) is 5.91 Å². The number of fused-ring (bicyclic) bond motifs is 1. The SMILES string of the molecule is COCCn1c(=NC(=O)c2cc(Cl)sc2Cl)sc2c(C)cc(C)cc21. The fourth-order valence-electron chi connectivity index (χ4n) is 2.63. The molecule has 0 bridgehead atoms. The molecule has 0 atom stereocenters. The number of halogens is 2. The zero-order valence-corrected chi connectivity index (χ0v) is 17.1. The van der Waals surface area contributed by atoms with Gasteiger partial charge in [-0.3, -0.25) is 4.79 Å². The number of amides is 1. The van der Waals surface area contributed by atoms with Gasteiger partial charge in [0, 0.05) is 13.7 Å². The van der Waals surface area contributed by atoms with E-state index in [1.165, 1.54) is 16.9 Å². The maximum Gasteiger partial charge on any atom is 0.282 e. The maximum absolute atomic E-state index is 12.6. The zero-order chi connectivity index (χ0) is 18.1. The molecule has 0 aliphatic heterocycles. The summed E-state index contributed by atoms with van der Waals surface area (Å²) in [5.74, 6) is -0.389. The van der Waals surface area contributed by atoms with Crippen molar-refractivity contribution in [2.45, 2.75) is 20.4 Å². The largest absolute Gasteiger partial charge is 0.383 e. The molecular weight excluding hydrogens is 399 g/mol. The number of nitrogens with zero attached hydrogens (tertiary/aromatic N) is 2. The summed E-state index contributed by atoms with van der Waals surface area (Å²) in [7, 11) is 1.65. The maximum atomic E-state index is 12.6. The first-order valence-electron chi connectivity index (χ1n) is 7.54. The summed E-state index contributed by atoms with van der Waals surface area (Å²) in [4.78, 5) is 17.5. The molecular formula is C17H16Cl2N2O2S2. The first-order chi connectivity index (χ1) is 11.9. The smallest absolute Gasteiger partial charge is 0.282 e. The summed E-state index contributed by atoms with van der Waals surface area (Å²) >= 11 is 14.7. The molecule has 2 heterocycles. The Morgan fingerprint density at radius 2 is 2.00 bits per heavy atom. The van der Waals surface area contributed by atoms with Gasteiger partial charge >= 0.3 is 0 Å². The number of thiazole rings is 1. The molecule has 0 saturated heterocycles. The van der Waals surface area contributed by atoms with E-state index in [2.05, 4.69) is 31.0 Å². The molecule has 8 heteroatoms. The topological polar surface area (TPSA) is 43.6 Å². The molecule has 1 amide bonds. The summed E-state index contributed by atoms with van der Waals surface area (Å²) in [6.45, 7) is 5.27.